The van der Waals surface area contributed by atoms with Crippen molar-refractivity contribution in [3.63, 3.8) is 0 Å². The number of carbonyl (C=O) groups is 2. The molecule has 0 saturated carbocycles. The maximum absolute atomic E-state index is 13.4. The summed E-state index contributed by atoms with van der Waals surface area (Å²) in [4.78, 5) is 27.6. The monoisotopic (exact) mass is 577 g/mol. The average molecular weight is 578 g/mol. The van der Waals surface area contributed by atoms with Gasteiger partial charge in [-0.25, -0.2) is 17.2 Å². The van der Waals surface area contributed by atoms with Crippen molar-refractivity contribution in [3.05, 3.63) is 102 Å². The molecule has 0 aliphatic heterocycles. The lowest BCUT2D eigenvalue weighted by Crippen LogP contribution is -2.50. The lowest BCUT2D eigenvalue weighted by Gasteiger charge is -2.30. The molecule has 3 aromatic carbocycles. The number of ether oxygens (including phenoxy) is 1. The van der Waals surface area contributed by atoms with E-state index in [2.05, 4.69) is 5.32 Å². The molecule has 2 amide bonds. The highest BCUT2D eigenvalue weighted by Crippen LogP contribution is 2.29. The molecule has 0 saturated heterocycles. The molecule has 1 heterocycles. The number of para-hydroxylation sites is 1. The maximum Gasteiger partial charge on any atom is 0.410 e. The molecule has 1 aromatic heterocycles. The first-order chi connectivity index (χ1) is 19.4. The van der Waals surface area contributed by atoms with E-state index in [1.165, 1.54) is 30.3 Å². The van der Waals surface area contributed by atoms with Crippen molar-refractivity contribution >= 4 is 32.9 Å². The average Bonchev–Trinajstić information content (AvgIpc) is 3.35. The molecule has 0 bridgehead atoms. The van der Waals surface area contributed by atoms with Crippen LogP contribution in [0.3, 0.4) is 0 Å². The molecular weight excluding hydrogens is 542 g/mol. The van der Waals surface area contributed by atoms with E-state index in [9.17, 15) is 23.1 Å². The molecular formula is C31H35N3O6S. The zero-order valence-electron chi connectivity index (χ0n) is 23.5. The summed E-state index contributed by atoms with van der Waals surface area (Å²) in [5, 5.41) is 14.5. The lowest BCUT2D eigenvalue weighted by molar-refractivity contribution is -0.126. The van der Waals surface area contributed by atoms with Crippen molar-refractivity contribution in [3.8, 4) is 0 Å². The molecule has 41 heavy (non-hydrogen) atoms. The number of aliphatic hydroxyl groups is 1. The smallest absolute Gasteiger partial charge is 0.410 e. The summed E-state index contributed by atoms with van der Waals surface area (Å²) in [6.45, 7) is 5.03. The van der Waals surface area contributed by atoms with Gasteiger partial charge in [-0.05, 0) is 44.5 Å². The standard InChI is InChI=1S/C31H35N3O6S/c1-31(2,3)40-30(37)33(4)27(19-22-13-7-5-8-14-22)29(36)32-20-28(35)25-21-34(26-18-12-11-17-24(25)26)41(38,39)23-15-9-6-10-16-23/h5-18,21,27-28,35H,19-20H2,1-4H3,(H,32,36)/t27-,28?/m0/s1. The number of nitrogens with zero attached hydrogens (tertiary/aromatic N) is 2. The van der Waals surface area contributed by atoms with E-state index in [-0.39, 0.29) is 17.9 Å². The first-order valence-corrected chi connectivity index (χ1v) is 14.7. The van der Waals surface area contributed by atoms with Crippen molar-refractivity contribution in [1.82, 2.24) is 14.2 Å². The van der Waals surface area contributed by atoms with Crippen molar-refractivity contribution in [2.24, 2.45) is 0 Å². The van der Waals surface area contributed by atoms with E-state index in [0.29, 0.717) is 16.5 Å². The minimum absolute atomic E-state index is 0.115. The van der Waals surface area contributed by atoms with Gasteiger partial charge in [-0.15, -0.1) is 0 Å². The molecule has 0 radical (unpaired) electrons. The molecule has 2 atom stereocenters. The maximum atomic E-state index is 13.4. The number of rotatable bonds is 9. The Labute approximate surface area is 240 Å². The van der Waals surface area contributed by atoms with Gasteiger partial charge < -0.3 is 15.2 Å². The highest BCUT2D eigenvalue weighted by Gasteiger charge is 2.31. The molecule has 4 rings (SSSR count). The Morgan fingerprint density at radius 3 is 2.17 bits per heavy atom. The zero-order chi connectivity index (χ0) is 29.8. The number of nitrogens with one attached hydrogen (secondary N) is 1. The molecule has 0 spiro atoms. The van der Waals surface area contributed by atoms with Gasteiger partial charge in [-0.1, -0.05) is 66.7 Å². The Bertz CT molecular complexity index is 1610. The van der Waals surface area contributed by atoms with Gasteiger partial charge in [-0.3, -0.25) is 9.69 Å². The first-order valence-electron chi connectivity index (χ1n) is 13.2. The predicted octanol–water partition coefficient (Wildman–Crippen LogP) is 4.51. The third-order valence-corrected chi connectivity index (χ3v) is 8.25. The van der Waals surface area contributed by atoms with Crippen LogP contribution in [-0.4, -0.2) is 59.6 Å². The van der Waals surface area contributed by atoms with Crippen LogP contribution in [0.25, 0.3) is 10.9 Å². The fraction of sp³-hybridized carbons (Fsp3) is 0.290. The molecule has 0 fully saturated rings. The number of hydrogen-bond donors (Lipinski definition) is 2. The van der Waals surface area contributed by atoms with Crippen LogP contribution in [0.1, 0.15) is 38.0 Å². The Morgan fingerprint density at radius 2 is 1.54 bits per heavy atom. The number of fused-ring (bicyclic) bond motifs is 1. The predicted molar refractivity (Wildman–Crippen MR) is 157 cm³/mol. The van der Waals surface area contributed by atoms with Crippen molar-refractivity contribution < 1.29 is 27.9 Å². The topological polar surface area (TPSA) is 118 Å². The third kappa shape index (κ3) is 6.96. The lowest BCUT2D eigenvalue weighted by atomic mass is 10.0. The summed E-state index contributed by atoms with van der Waals surface area (Å²) < 4.78 is 33.5. The van der Waals surface area contributed by atoms with Crippen molar-refractivity contribution in [2.75, 3.05) is 13.6 Å². The normalized spacial score (nSPS) is 13.4. The minimum atomic E-state index is -3.93. The number of amides is 2. The fourth-order valence-electron chi connectivity index (χ4n) is 4.47. The summed E-state index contributed by atoms with van der Waals surface area (Å²) in [5.41, 5.74) is 0.852. The van der Waals surface area contributed by atoms with E-state index in [1.807, 2.05) is 30.3 Å². The van der Waals surface area contributed by atoms with Gasteiger partial charge in [0.25, 0.3) is 10.0 Å². The summed E-state index contributed by atoms with van der Waals surface area (Å²) in [6.07, 6.45) is -0.255. The summed E-state index contributed by atoms with van der Waals surface area (Å²) in [5.74, 6) is -0.484. The highest BCUT2D eigenvalue weighted by molar-refractivity contribution is 7.90. The second-order valence-corrected chi connectivity index (χ2v) is 12.6. The number of aliphatic hydroxyl groups excluding tert-OH is 1. The molecule has 1 unspecified atom stereocenters. The van der Waals surface area contributed by atoms with E-state index in [1.54, 1.807) is 63.2 Å². The van der Waals surface area contributed by atoms with Crippen LogP contribution in [0.5, 0.6) is 0 Å². The second-order valence-electron chi connectivity index (χ2n) is 10.8. The van der Waals surface area contributed by atoms with Crippen LogP contribution >= 0.6 is 0 Å². The van der Waals surface area contributed by atoms with Gasteiger partial charge in [0.2, 0.25) is 5.91 Å². The second kappa shape index (κ2) is 12.2. The fourth-order valence-corrected chi connectivity index (χ4v) is 5.87. The number of aromatic nitrogens is 1. The highest BCUT2D eigenvalue weighted by atomic mass is 32.2. The Kier molecular flexibility index (Phi) is 8.84. The van der Waals surface area contributed by atoms with Crippen LogP contribution in [-0.2, 0) is 26.0 Å². The van der Waals surface area contributed by atoms with Crippen LogP contribution in [0.4, 0.5) is 4.79 Å². The van der Waals surface area contributed by atoms with Gasteiger partial charge in [0, 0.05) is 37.2 Å². The number of hydrogen-bond acceptors (Lipinski definition) is 6. The van der Waals surface area contributed by atoms with E-state index < -0.39 is 39.8 Å². The van der Waals surface area contributed by atoms with Gasteiger partial charge in [0.15, 0.2) is 0 Å². The van der Waals surface area contributed by atoms with Crippen LogP contribution in [0.2, 0.25) is 0 Å². The molecule has 9 nitrogen and oxygen atoms in total. The SMILES string of the molecule is CN(C(=O)OC(C)(C)C)[C@@H](Cc1ccccc1)C(=O)NCC(O)c1cn(S(=O)(=O)c2ccccc2)c2ccccc12. The van der Waals surface area contributed by atoms with Crippen LogP contribution in [0.15, 0.2) is 96.0 Å². The van der Waals surface area contributed by atoms with E-state index in [4.69, 9.17) is 4.74 Å². The van der Waals surface area contributed by atoms with Crippen LogP contribution < -0.4 is 5.32 Å². The van der Waals surface area contributed by atoms with Crippen molar-refractivity contribution in [1.29, 1.82) is 0 Å². The molecule has 10 heteroatoms. The number of carbonyl (C=O) groups excluding carboxylic acids is 2. The van der Waals surface area contributed by atoms with Crippen LogP contribution in [0, 0.1) is 0 Å². The minimum Gasteiger partial charge on any atom is -0.444 e. The summed E-state index contributed by atoms with van der Waals surface area (Å²) in [6, 6.07) is 23.3. The van der Waals surface area contributed by atoms with Gasteiger partial charge in [0.1, 0.15) is 11.6 Å². The molecule has 2 N–H and O–H groups in total. The molecule has 216 valence electrons. The zero-order valence-corrected chi connectivity index (χ0v) is 24.3. The molecule has 0 aliphatic rings. The van der Waals surface area contributed by atoms with Crippen molar-refractivity contribution in [2.45, 2.75) is 49.8 Å². The summed E-state index contributed by atoms with van der Waals surface area (Å²) >= 11 is 0. The molecule has 4 aromatic rings. The number of likely N-dealkylation sites (N-methyl/N-ethyl adjacent to an activating group) is 1. The Balaban J connectivity index is 1.58. The largest absolute Gasteiger partial charge is 0.444 e. The third-order valence-electron chi connectivity index (χ3n) is 6.56. The molecule has 0 aliphatic carbocycles. The first kappa shape index (κ1) is 29.8. The van der Waals surface area contributed by atoms with E-state index in [0.717, 1.165) is 9.54 Å². The van der Waals surface area contributed by atoms with Gasteiger partial charge in [-0.2, -0.15) is 0 Å². The van der Waals surface area contributed by atoms with Gasteiger partial charge in [0.05, 0.1) is 16.5 Å². The number of benzene rings is 3. The Hall–Kier alpha value is -4.15. The quantitative estimate of drug-likeness (QED) is 0.302. The summed E-state index contributed by atoms with van der Waals surface area (Å²) in [7, 11) is -2.43. The Morgan fingerprint density at radius 1 is 0.951 bits per heavy atom. The van der Waals surface area contributed by atoms with E-state index >= 15 is 0 Å². The van der Waals surface area contributed by atoms with Gasteiger partial charge >= 0.3 is 6.09 Å².